The number of guanidine groups is 1. The summed E-state index contributed by atoms with van der Waals surface area (Å²) in [7, 11) is 0. The third-order valence-corrected chi connectivity index (χ3v) is 4.97. The molecule has 0 bridgehead atoms. The van der Waals surface area contributed by atoms with Gasteiger partial charge in [0, 0.05) is 19.4 Å². The molecule has 24 nitrogen and oxygen atoms in total. The van der Waals surface area contributed by atoms with Crippen LogP contribution in [0.4, 0.5) is 0 Å². The summed E-state index contributed by atoms with van der Waals surface area (Å²) in [5.74, 6) is -2.92. The summed E-state index contributed by atoms with van der Waals surface area (Å²) >= 11 is 0. The summed E-state index contributed by atoms with van der Waals surface area (Å²) in [6.07, 6.45) is -2.16. The molecule has 0 aliphatic rings. The normalized spacial score (nSPS) is 13.8. The average Bonchev–Trinajstić information content (AvgIpc) is 2.86. The molecule has 0 aliphatic heterocycles. The van der Waals surface area contributed by atoms with Gasteiger partial charge in [-0.25, -0.2) is 24.1 Å². The molecule has 0 radical (unpaired) electrons. The summed E-state index contributed by atoms with van der Waals surface area (Å²) < 4.78 is 0. The van der Waals surface area contributed by atoms with E-state index < -0.39 is 70.8 Å². The Morgan fingerprint density at radius 3 is 1.60 bits per heavy atom. The predicted octanol–water partition coefficient (Wildman–Crippen LogP) is -1.90. The Balaban J connectivity index is 4.34. The van der Waals surface area contributed by atoms with Crippen LogP contribution in [0.1, 0.15) is 51.4 Å². The van der Waals surface area contributed by atoms with Crippen LogP contribution in [0.3, 0.4) is 0 Å². The number of carbonyl (C=O) groups excluding carboxylic acids is 2. The minimum atomic E-state index is -1.31. The smallest absolute Gasteiger partial charge is 0.326 e. The molecule has 0 heterocycles. The molecule has 42 heavy (non-hydrogen) atoms. The van der Waals surface area contributed by atoms with Crippen molar-refractivity contribution in [1.82, 2.24) is 37.5 Å². The maximum absolute atomic E-state index is 12.1. The summed E-state index contributed by atoms with van der Waals surface area (Å²) in [4.78, 5) is 53.2. The van der Waals surface area contributed by atoms with Crippen molar-refractivity contribution in [2.45, 2.75) is 69.6 Å². The molecule has 24 heteroatoms. The van der Waals surface area contributed by atoms with E-state index in [-0.39, 0.29) is 63.9 Å². The summed E-state index contributed by atoms with van der Waals surface area (Å²) in [5, 5.41) is 90.7. The van der Waals surface area contributed by atoms with Gasteiger partial charge in [0.15, 0.2) is 5.96 Å². The standard InChI is InChI=1S/C18H38N8O16/c19-18(22-16(28)8-2-5-13(42-26(37)38)11-40-24(33)34)20-9-3-6-14(17(29)30)21-15(27)7-1-4-12(41-25(35)36)10-39-23(31)32/h12-14,31-38H,1-11H2,(H,21,27)(H,29,30)(H3,19,20,22,28). The second-order valence-electron chi connectivity index (χ2n) is 8.29. The van der Waals surface area contributed by atoms with Crippen molar-refractivity contribution in [3.63, 3.8) is 0 Å². The first-order valence-electron chi connectivity index (χ1n) is 12.1. The van der Waals surface area contributed by atoms with E-state index in [0.717, 1.165) is 0 Å². The third-order valence-electron chi connectivity index (χ3n) is 4.97. The van der Waals surface area contributed by atoms with Crippen LogP contribution in [-0.4, -0.2) is 130 Å². The first-order chi connectivity index (χ1) is 19.7. The number of amides is 2. The van der Waals surface area contributed by atoms with E-state index in [1.807, 2.05) is 0 Å². The number of aliphatic carboxylic acids is 1. The molecule has 0 rings (SSSR count). The van der Waals surface area contributed by atoms with Gasteiger partial charge in [-0.05, 0) is 38.5 Å². The third kappa shape index (κ3) is 22.9. The van der Waals surface area contributed by atoms with Crippen molar-refractivity contribution < 1.29 is 80.5 Å². The molecule has 246 valence electrons. The van der Waals surface area contributed by atoms with E-state index >= 15 is 0 Å². The lowest BCUT2D eigenvalue weighted by atomic mass is 10.1. The van der Waals surface area contributed by atoms with E-state index in [4.69, 9.17) is 47.1 Å². The second kappa shape index (κ2) is 22.8. The zero-order chi connectivity index (χ0) is 32.1. The van der Waals surface area contributed by atoms with E-state index in [9.17, 15) is 19.5 Å². The van der Waals surface area contributed by atoms with Crippen LogP contribution in [0.25, 0.3) is 0 Å². The van der Waals surface area contributed by atoms with Gasteiger partial charge in [-0.3, -0.25) is 62.0 Å². The maximum atomic E-state index is 12.1. The molecule has 0 aliphatic carbocycles. The largest absolute Gasteiger partial charge is 0.480 e. The van der Waals surface area contributed by atoms with Crippen molar-refractivity contribution in [1.29, 1.82) is 5.41 Å². The highest BCUT2D eigenvalue weighted by molar-refractivity contribution is 5.95. The zero-order valence-electron chi connectivity index (χ0n) is 22.2. The van der Waals surface area contributed by atoms with Gasteiger partial charge in [0.25, 0.3) is 0 Å². The van der Waals surface area contributed by atoms with Crippen molar-refractivity contribution in [2.24, 2.45) is 0 Å². The van der Waals surface area contributed by atoms with Gasteiger partial charge >= 0.3 is 5.97 Å². The van der Waals surface area contributed by atoms with Crippen LogP contribution in [0.5, 0.6) is 0 Å². The molecule has 0 saturated heterocycles. The van der Waals surface area contributed by atoms with Crippen molar-refractivity contribution in [2.75, 3.05) is 19.8 Å². The molecule has 0 saturated carbocycles. The first kappa shape index (κ1) is 39.2. The van der Waals surface area contributed by atoms with E-state index in [1.165, 1.54) is 0 Å². The number of nitrogens with one attached hydrogen (secondary N) is 4. The van der Waals surface area contributed by atoms with Gasteiger partial charge < -0.3 is 15.7 Å². The highest BCUT2D eigenvalue weighted by atomic mass is 17.1. The van der Waals surface area contributed by atoms with Crippen molar-refractivity contribution >= 4 is 23.7 Å². The molecule has 3 unspecified atom stereocenters. The van der Waals surface area contributed by atoms with Gasteiger partial charge in [-0.1, -0.05) is 0 Å². The number of hydrogen-bond acceptors (Lipinski definition) is 20. The predicted molar refractivity (Wildman–Crippen MR) is 124 cm³/mol. The maximum Gasteiger partial charge on any atom is 0.326 e. The number of nitrogens with zero attached hydrogens (tertiary/aromatic N) is 4. The van der Waals surface area contributed by atoms with Gasteiger partial charge in [-0.15, -0.1) is 0 Å². The van der Waals surface area contributed by atoms with Gasteiger partial charge in [0.1, 0.15) is 31.5 Å². The molecule has 0 aromatic carbocycles. The van der Waals surface area contributed by atoms with Crippen LogP contribution in [0.15, 0.2) is 0 Å². The lowest BCUT2D eigenvalue weighted by molar-refractivity contribution is -0.527. The minimum Gasteiger partial charge on any atom is -0.480 e. The van der Waals surface area contributed by atoms with Gasteiger partial charge in [0.05, 0.1) is 21.6 Å². The van der Waals surface area contributed by atoms with E-state index in [0.29, 0.717) is 0 Å². The van der Waals surface area contributed by atoms with Crippen LogP contribution in [0, 0.1) is 5.41 Å². The monoisotopic (exact) mass is 622 g/mol. The molecular formula is C18H38N8O16. The molecule has 0 aromatic rings. The SMILES string of the molecule is N=C(NCCCC(NC(=O)CCCC(CON(O)O)ON(O)O)C(=O)O)NC(=O)CCCC(CON(O)O)ON(O)O. The molecule has 13 N–H and O–H groups in total. The lowest BCUT2D eigenvalue weighted by Crippen LogP contribution is -2.43. The number of carbonyl (C=O) groups is 3. The highest BCUT2D eigenvalue weighted by Gasteiger charge is 2.21. The van der Waals surface area contributed by atoms with Gasteiger partial charge in [-0.2, -0.15) is 0 Å². The zero-order valence-corrected chi connectivity index (χ0v) is 22.2. The molecule has 0 spiro atoms. The van der Waals surface area contributed by atoms with Crippen molar-refractivity contribution in [3.8, 4) is 0 Å². The Hall–Kier alpha value is -2.76. The first-order valence-corrected chi connectivity index (χ1v) is 12.1. The Morgan fingerprint density at radius 2 is 1.17 bits per heavy atom. The van der Waals surface area contributed by atoms with Gasteiger partial charge in [0.2, 0.25) is 11.8 Å². The molecule has 3 atom stereocenters. The Labute approximate surface area is 237 Å². The average molecular weight is 623 g/mol. The second-order valence-corrected chi connectivity index (χ2v) is 8.29. The number of hydrogen-bond donors (Lipinski definition) is 13. The highest BCUT2D eigenvalue weighted by Crippen LogP contribution is 2.09. The Bertz CT molecular complexity index is 793. The quantitative estimate of drug-likeness (QED) is 0.0242. The summed E-state index contributed by atoms with van der Waals surface area (Å²) in [6.45, 7) is -0.963. The number of carboxylic acid groups (broad SMARTS) is 1. The lowest BCUT2D eigenvalue weighted by Gasteiger charge is -2.19. The van der Waals surface area contributed by atoms with E-state index in [1.54, 1.807) is 0 Å². The van der Waals surface area contributed by atoms with Crippen LogP contribution in [-0.2, 0) is 33.7 Å². The Kier molecular flexibility index (Phi) is 21.3. The van der Waals surface area contributed by atoms with E-state index in [2.05, 4.69) is 35.3 Å². The minimum absolute atomic E-state index is 0.0147. The van der Waals surface area contributed by atoms with Crippen LogP contribution < -0.4 is 16.0 Å². The fraction of sp³-hybridized carbons (Fsp3) is 0.778. The van der Waals surface area contributed by atoms with Crippen molar-refractivity contribution in [3.05, 3.63) is 0 Å². The fourth-order valence-electron chi connectivity index (χ4n) is 3.17. The number of carboxylic acids is 1. The molecular weight excluding hydrogens is 584 g/mol. The summed E-state index contributed by atoms with van der Waals surface area (Å²) in [6, 6.07) is -1.27. The summed E-state index contributed by atoms with van der Waals surface area (Å²) in [5.41, 5.74) is 0. The molecule has 0 aromatic heterocycles. The molecule has 0 fully saturated rings. The topological polar surface area (TPSA) is 343 Å². The van der Waals surface area contributed by atoms with Crippen LogP contribution in [0.2, 0.25) is 0 Å². The fourth-order valence-corrected chi connectivity index (χ4v) is 3.17. The van der Waals surface area contributed by atoms with Crippen LogP contribution >= 0.6 is 0 Å². The molecule has 2 amide bonds. The Morgan fingerprint density at radius 1 is 0.690 bits per heavy atom. The number of rotatable bonds is 24.